The van der Waals surface area contributed by atoms with Crippen molar-refractivity contribution in [3.05, 3.63) is 90.2 Å². The summed E-state index contributed by atoms with van der Waals surface area (Å²) in [5.74, 6) is 0.164. The number of hydrogen-bond donors (Lipinski definition) is 1. The third-order valence-electron chi connectivity index (χ3n) is 5.12. The Morgan fingerprint density at radius 3 is 2.76 bits per heavy atom. The topological polar surface area (TPSA) is 94.8 Å². The van der Waals surface area contributed by atoms with Crippen molar-refractivity contribution < 1.29 is 18.7 Å². The maximum atomic E-state index is 13.8. The van der Waals surface area contributed by atoms with Gasteiger partial charge >= 0.3 is 0 Å². The summed E-state index contributed by atoms with van der Waals surface area (Å²) < 4.78 is 27.9. The van der Waals surface area contributed by atoms with Crippen LogP contribution in [0.2, 0.25) is 0 Å². The Labute approximate surface area is 233 Å². The number of fused-ring (bicyclic) bond motifs is 1. The Morgan fingerprint density at radius 1 is 1.22 bits per heavy atom. The fourth-order valence-electron chi connectivity index (χ4n) is 3.47. The van der Waals surface area contributed by atoms with Crippen LogP contribution in [0.5, 0.6) is 11.5 Å². The van der Waals surface area contributed by atoms with Gasteiger partial charge in [-0.1, -0.05) is 28.1 Å². The number of nitrogens with zero attached hydrogens (tertiary/aromatic N) is 3. The van der Waals surface area contributed by atoms with Crippen molar-refractivity contribution >= 4 is 67.2 Å². The van der Waals surface area contributed by atoms with Crippen molar-refractivity contribution in [1.29, 1.82) is 0 Å². The van der Waals surface area contributed by atoms with Crippen LogP contribution in [-0.2, 0) is 4.79 Å². The zero-order valence-corrected chi connectivity index (χ0v) is 23.5. The van der Waals surface area contributed by atoms with Crippen LogP contribution in [0.4, 0.5) is 10.1 Å². The van der Waals surface area contributed by atoms with Crippen molar-refractivity contribution in [3.8, 4) is 11.5 Å². The van der Waals surface area contributed by atoms with Gasteiger partial charge in [-0.3, -0.25) is 9.59 Å². The largest absolute Gasteiger partial charge is 0.490 e. The van der Waals surface area contributed by atoms with Gasteiger partial charge in [-0.2, -0.15) is 9.78 Å². The van der Waals surface area contributed by atoms with Gasteiger partial charge in [0.15, 0.2) is 18.1 Å². The van der Waals surface area contributed by atoms with Gasteiger partial charge in [0.1, 0.15) is 11.6 Å². The molecule has 0 aliphatic heterocycles. The van der Waals surface area contributed by atoms with Crippen LogP contribution in [0, 0.1) is 16.3 Å². The normalized spacial score (nSPS) is 11.2. The first-order valence-electron chi connectivity index (χ1n) is 11.1. The van der Waals surface area contributed by atoms with E-state index < -0.39 is 11.7 Å². The first-order chi connectivity index (χ1) is 17.8. The predicted octanol–water partition coefficient (Wildman–Crippen LogP) is 5.51. The molecule has 0 saturated carbocycles. The monoisotopic (exact) mass is 678 g/mol. The number of hydrogen-bond acceptors (Lipinski definition) is 6. The highest BCUT2D eigenvalue weighted by molar-refractivity contribution is 14.1. The van der Waals surface area contributed by atoms with E-state index in [1.807, 2.05) is 13.0 Å². The van der Waals surface area contributed by atoms with Crippen molar-refractivity contribution in [2.45, 2.75) is 13.8 Å². The molecule has 8 nitrogen and oxygen atoms in total. The average Bonchev–Trinajstić information content (AvgIpc) is 2.85. The highest BCUT2D eigenvalue weighted by atomic mass is 127. The molecule has 0 fully saturated rings. The lowest BCUT2D eigenvalue weighted by Crippen LogP contribution is -2.21. The van der Waals surface area contributed by atoms with E-state index in [1.54, 1.807) is 37.3 Å². The zero-order valence-electron chi connectivity index (χ0n) is 19.8. The smallest absolute Gasteiger partial charge is 0.282 e. The van der Waals surface area contributed by atoms with Gasteiger partial charge < -0.3 is 14.8 Å². The van der Waals surface area contributed by atoms with Crippen molar-refractivity contribution in [2.24, 2.45) is 5.10 Å². The highest BCUT2D eigenvalue weighted by Crippen LogP contribution is 2.34. The third-order valence-corrected chi connectivity index (χ3v) is 6.41. The molecule has 1 amide bonds. The van der Waals surface area contributed by atoms with E-state index in [1.165, 1.54) is 29.1 Å². The minimum absolute atomic E-state index is 0.0727. The van der Waals surface area contributed by atoms with E-state index in [0.717, 1.165) is 4.47 Å². The molecular formula is C26H21BrFIN4O4. The number of carbonyl (C=O) groups is 1. The third kappa shape index (κ3) is 6.34. The van der Waals surface area contributed by atoms with E-state index in [-0.39, 0.29) is 17.9 Å². The van der Waals surface area contributed by atoms with Crippen molar-refractivity contribution in [2.75, 3.05) is 18.5 Å². The number of carbonyl (C=O) groups excluding carboxylic acids is 1. The lowest BCUT2D eigenvalue weighted by atomic mass is 10.2. The van der Waals surface area contributed by atoms with Gasteiger partial charge in [0.25, 0.3) is 11.5 Å². The maximum Gasteiger partial charge on any atom is 0.282 e. The molecule has 4 aromatic rings. The van der Waals surface area contributed by atoms with E-state index >= 15 is 0 Å². The molecule has 0 unspecified atom stereocenters. The van der Waals surface area contributed by atoms with Crippen molar-refractivity contribution in [1.82, 2.24) is 9.66 Å². The summed E-state index contributed by atoms with van der Waals surface area (Å²) in [5, 5.41) is 7.29. The minimum atomic E-state index is -0.535. The fraction of sp³-hybridized carbons (Fsp3) is 0.154. The maximum absolute atomic E-state index is 13.8. The molecule has 37 heavy (non-hydrogen) atoms. The number of aryl methyl sites for hydroxylation is 1. The summed E-state index contributed by atoms with van der Waals surface area (Å²) in [6.45, 7) is 3.55. The molecule has 4 rings (SSSR count). The van der Waals surface area contributed by atoms with Crippen LogP contribution in [0.1, 0.15) is 18.3 Å². The number of amides is 1. The molecule has 0 bridgehead atoms. The van der Waals surface area contributed by atoms with Crippen LogP contribution in [-0.4, -0.2) is 35.0 Å². The molecule has 0 atom stereocenters. The van der Waals surface area contributed by atoms with Gasteiger partial charge in [0.2, 0.25) is 0 Å². The Morgan fingerprint density at radius 2 is 2.00 bits per heavy atom. The van der Waals surface area contributed by atoms with Crippen LogP contribution >= 0.6 is 38.5 Å². The summed E-state index contributed by atoms with van der Waals surface area (Å²) in [4.78, 5) is 29.8. The highest BCUT2D eigenvalue weighted by Gasteiger charge is 2.15. The van der Waals surface area contributed by atoms with Gasteiger partial charge in [-0.15, -0.1) is 0 Å². The fourth-order valence-corrected chi connectivity index (χ4v) is 4.61. The number of aromatic nitrogens is 2. The summed E-state index contributed by atoms with van der Waals surface area (Å²) in [6.07, 6.45) is 1.53. The number of ether oxygens (including phenoxy) is 2. The molecule has 0 aliphatic rings. The number of anilines is 1. The zero-order chi connectivity index (χ0) is 26.5. The second kappa shape index (κ2) is 11.8. The number of halogens is 3. The Balaban J connectivity index is 1.57. The molecule has 0 radical (unpaired) electrons. The summed E-state index contributed by atoms with van der Waals surface area (Å²) in [7, 11) is 0. The molecule has 3 aromatic carbocycles. The van der Waals surface area contributed by atoms with Gasteiger partial charge in [0, 0.05) is 4.47 Å². The van der Waals surface area contributed by atoms with Crippen molar-refractivity contribution in [3.63, 3.8) is 0 Å². The Hall–Kier alpha value is -3.32. The summed E-state index contributed by atoms with van der Waals surface area (Å²) >= 11 is 5.45. The first-order valence-corrected chi connectivity index (χ1v) is 13.0. The molecule has 190 valence electrons. The minimum Gasteiger partial charge on any atom is -0.490 e. The lowest BCUT2D eigenvalue weighted by molar-refractivity contribution is -0.118. The summed E-state index contributed by atoms with van der Waals surface area (Å²) in [6, 6.07) is 14.7. The second-order valence-corrected chi connectivity index (χ2v) is 9.84. The van der Waals surface area contributed by atoms with E-state index in [0.29, 0.717) is 44.0 Å². The molecule has 1 aromatic heterocycles. The van der Waals surface area contributed by atoms with E-state index in [2.05, 4.69) is 53.9 Å². The molecule has 11 heteroatoms. The molecule has 1 heterocycles. The second-order valence-electron chi connectivity index (χ2n) is 7.76. The average molecular weight is 679 g/mol. The summed E-state index contributed by atoms with van der Waals surface area (Å²) in [5.41, 5.74) is 1.02. The lowest BCUT2D eigenvalue weighted by Gasteiger charge is -2.15. The van der Waals surface area contributed by atoms with Crippen LogP contribution in [0.25, 0.3) is 10.9 Å². The number of nitrogens with one attached hydrogen (secondary N) is 1. The molecule has 0 spiro atoms. The number of para-hydroxylation sites is 1. The van der Waals surface area contributed by atoms with E-state index in [4.69, 9.17) is 9.47 Å². The van der Waals surface area contributed by atoms with Gasteiger partial charge in [-0.05, 0) is 84.5 Å². The van der Waals surface area contributed by atoms with Crippen LogP contribution in [0.3, 0.4) is 0 Å². The predicted molar refractivity (Wildman–Crippen MR) is 152 cm³/mol. The van der Waals surface area contributed by atoms with Gasteiger partial charge in [-0.25, -0.2) is 9.37 Å². The van der Waals surface area contributed by atoms with Gasteiger partial charge in [0.05, 0.1) is 33.0 Å². The van der Waals surface area contributed by atoms with E-state index in [9.17, 15) is 14.0 Å². The standard InChI is InChI=1S/C26H21BrFIN4O4/c1-3-36-23-11-16(13-30-33-15(2)31-21-9-8-17(27)12-18(21)26(33)35)10-20(29)25(23)37-14-24(34)32-22-7-5-4-6-19(22)28/h4-13H,3,14H2,1-2H3,(H,32,34). The molecule has 1 N–H and O–H groups in total. The molecule has 0 saturated heterocycles. The number of rotatable bonds is 8. The first kappa shape index (κ1) is 26.7. The molecule has 0 aliphatic carbocycles. The SMILES string of the molecule is CCOc1cc(C=Nn2c(C)nc3ccc(Br)cc3c2=O)cc(I)c1OCC(=O)Nc1ccccc1F. The number of benzene rings is 3. The Kier molecular flexibility index (Phi) is 8.54. The molecular weight excluding hydrogens is 658 g/mol. The van der Waals surface area contributed by atoms with Crippen LogP contribution < -0.4 is 20.3 Å². The quantitative estimate of drug-likeness (QED) is 0.196. The van der Waals surface area contributed by atoms with Crippen LogP contribution in [0.15, 0.2) is 69.0 Å². The Bertz CT molecular complexity index is 1570.